The number of hydrogen-bond donors (Lipinski definition) is 0. The summed E-state index contributed by atoms with van der Waals surface area (Å²) in [6, 6.07) is 5.24. The lowest BCUT2D eigenvalue weighted by molar-refractivity contribution is -0.384. The molecule has 1 fully saturated rings. The van der Waals surface area contributed by atoms with Gasteiger partial charge in [-0.2, -0.15) is 13.2 Å². The molecule has 0 bridgehead atoms. The first-order valence-electron chi connectivity index (χ1n) is 6.53. The van der Waals surface area contributed by atoms with E-state index in [9.17, 15) is 28.1 Å². The largest absolute Gasteiger partial charge is 0.471 e. The average Bonchev–Trinajstić information content (AvgIpc) is 2.94. The molecule has 120 valence electrons. The lowest BCUT2D eigenvalue weighted by atomic mass is 10.2. The van der Waals surface area contributed by atoms with Gasteiger partial charge in [-0.25, -0.2) is 0 Å². The molecule has 0 saturated carbocycles. The van der Waals surface area contributed by atoms with Crippen LogP contribution in [0.5, 0.6) is 0 Å². The summed E-state index contributed by atoms with van der Waals surface area (Å²) in [5.74, 6) is -1.86. The second-order valence-corrected chi connectivity index (χ2v) is 5.08. The molecule has 0 N–H and O–H groups in total. The maximum Gasteiger partial charge on any atom is 0.471 e. The molecular formula is C13H14F3N3O3. The average molecular weight is 317 g/mol. The molecule has 6 nitrogen and oxygen atoms in total. The molecule has 9 heteroatoms. The second-order valence-electron chi connectivity index (χ2n) is 5.08. The molecule has 1 atom stereocenters. The molecule has 0 aliphatic carbocycles. The number of non-ortho nitro benzene ring substituents is 1. The third-order valence-electron chi connectivity index (χ3n) is 3.70. The molecule has 1 amide bonds. The summed E-state index contributed by atoms with van der Waals surface area (Å²) in [6.45, 7) is 0.744. The van der Waals surface area contributed by atoms with E-state index >= 15 is 0 Å². The zero-order valence-electron chi connectivity index (χ0n) is 11.7. The Morgan fingerprint density at radius 3 is 2.45 bits per heavy atom. The molecule has 0 aromatic heterocycles. The van der Waals surface area contributed by atoms with Gasteiger partial charge in [-0.05, 0) is 18.6 Å². The van der Waals surface area contributed by atoms with Crippen molar-refractivity contribution in [1.82, 2.24) is 4.90 Å². The minimum absolute atomic E-state index is 0.0520. The van der Waals surface area contributed by atoms with Crippen molar-refractivity contribution in [2.75, 3.05) is 25.0 Å². The van der Waals surface area contributed by atoms with E-state index in [2.05, 4.69) is 0 Å². The molecule has 1 heterocycles. The molecule has 1 aromatic rings. The number of rotatable bonds is 3. The van der Waals surface area contributed by atoms with Crippen LogP contribution in [0.2, 0.25) is 0 Å². The van der Waals surface area contributed by atoms with Crippen LogP contribution in [0.3, 0.4) is 0 Å². The normalized spacial score (nSPS) is 18.4. The number of halogens is 3. The topological polar surface area (TPSA) is 66.7 Å². The smallest absolute Gasteiger partial charge is 0.369 e. The van der Waals surface area contributed by atoms with Gasteiger partial charge in [-0.3, -0.25) is 14.9 Å². The van der Waals surface area contributed by atoms with Crippen LogP contribution < -0.4 is 4.90 Å². The Kier molecular flexibility index (Phi) is 4.25. The molecule has 0 radical (unpaired) electrons. The van der Waals surface area contributed by atoms with E-state index in [0.717, 1.165) is 7.05 Å². The first-order chi connectivity index (χ1) is 10.2. The van der Waals surface area contributed by atoms with Crippen LogP contribution in [-0.4, -0.2) is 48.1 Å². The van der Waals surface area contributed by atoms with E-state index in [1.165, 1.54) is 12.1 Å². The van der Waals surface area contributed by atoms with Gasteiger partial charge in [-0.15, -0.1) is 0 Å². The molecule has 2 rings (SSSR count). The van der Waals surface area contributed by atoms with E-state index in [-0.39, 0.29) is 12.2 Å². The minimum atomic E-state index is -4.88. The molecule has 22 heavy (non-hydrogen) atoms. The highest BCUT2D eigenvalue weighted by atomic mass is 19.4. The molecular weight excluding hydrogens is 303 g/mol. The fourth-order valence-electron chi connectivity index (χ4n) is 2.44. The summed E-state index contributed by atoms with van der Waals surface area (Å²) in [6.07, 6.45) is -4.47. The number of carbonyl (C=O) groups excluding carboxylic acids is 1. The third kappa shape index (κ3) is 3.29. The van der Waals surface area contributed by atoms with Gasteiger partial charge in [0, 0.05) is 38.0 Å². The second kappa shape index (κ2) is 5.82. The summed E-state index contributed by atoms with van der Waals surface area (Å²) in [4.78, 5) is 23.8. The van der Waals surface area contributed by atoms with Crippen molar-refractivity contribution in [3.05, 3.63) is 34.4 Å². The molecule has 0 spiro atoms. The fraction of sp³-hybridized carbons (Fsp3) is 0.462. The van der Waals surface area contributed by atoms with E-state index in [1.807, 2.05) is 0 Å². The van der Waals surface area contributed by atoms with Crippen LogP contribution in [0.25, 0.3) is 0 Å². The van der Waals surface area contributed by atoms with Gasteiger partial charge in [0.1, 0.15) is 0 Å². The molecule has 1 aliphatic heterocycles. The van der Waals surface area contributed by atoms with Crippen LogP contribution in [0.4, 0.5) is 24.5 Å². The number of likely N-dealkylation sites (N-methyl/N-ethyl adjacent to an activating group) is 1. The van der Waals surface area contributed by atoms with Crippen molar-refractivity contribution in [2.45, 2.75) is 18.6 Å². The number of alkyl halides is 3. The van der Waals surface area contributed by atoms with Crippen LogP contribution in [0.1, 0.15) is 6.42 Å². The number of benzene rings is 1. The van der Waals surface area contributed by atoms with Crippen molar-refractivity contribution in [3.63, 3.8) is 0 Å². The molecule has 1 aliphatic rings. The Morgan fingerprint density at radius 2 is 1.95 bits per heavy atom. The number of carbonyl (C=O) groups is 1. The van der Waals surface area contributed by atoms with Crippen molar-refractivity contribution >= 4 is 17.3 Å². The summed E-state index contributed by atoms with van der Waals surface area (Å²) in [7, 11) is 1.14. The van der Waals surface area contributed by atoms with E-state index < -0.39 is 23.0 Å². The van der Waals surface area contributed by atoms with Gasteiger partial charge in [0.05, 0.1) is 11.0 Å². The van der Waals surface area contributed by atoms with Crippen molar-refractivity contribution in [2.24, 2.45) is 0 Å². The zero-order valence-corrected chi connectivity index (χ0v) is 11.7. The molecule has 1 aromatic carbocycles. The maximum atomic E-state index is 12.4. The fourth-order valence-corrected chi connectivity index (χ4v) is 2.44. The number of nitro benzene ring substituents is 1. The summed E-state index contributed by atoms with van der Waals surface area (Å²) in [5.41, 5.74) is 0.629. The standard InChI is InChI=1S/C13H14F3N3O3/c1-17(12(20)13(14,15)16)11-6-7-18(8-11)9-2-4-10(5-3-9)19(21)22/h2-5,11H,6-8H2,1H3/t11-/m1/s1. The van der Waals surface area contributed by atoms with Gasteiger partial charge in [0.15, 0.2) is 0 Å². The monoisotopic (exact) mass is 317 g/mol. The van der Waals surface area contributed by atoms with Gasteiger partial charge in [0.2, 0.25) is 0 Å². The maximum absolute atomic E-state index is 12.4. The number of nitro groups is 1. The van der Waals surface area contributed by atoms with Crippen molar-refractivity contribution < 1.29 is 22.9 Å². The first-order valence-corrected chi connectivity index (χ1v) is 6.53. The van der Waals surface area contributed by atoms with Crippen LogP contribution in [0.15, 0.2) is 24.3 Å². The Labute approximate surface area is 124 Å². The summed E-state index contributed by atoms with van der Waals surface area (Å²) in [5, 5.41) is 10.6. The van der Waals surface area contributed by atoms with Crippen LogP contribution in [-0.2, 0) is 4.79 Å². The predicted molar refractivity (Wildman–Crippen MR) is 72.5 cm³/mol. The summed E-state index contributed by atoms with van der Waals surface area (Å²) >= 11 is 0. The van der Waals surface area contributed by atoms with Crippen molar-refractivity contribution in [1.29, 1.82) is 0 Å². The lowest BCUT2D eigenvalue weighted by Gasteiger charge is -2.26. The van der Waals surface area contributed by atoms with Gasteiger partial charge in [-0.1, -0.05) is 0 Å². The van der Waals surface area contributed by atoms with Crippen LogP contribution in [0, 0.1) is 10.1 Å². The predicted octanol–water partition coefficient (Wildman–Crippen LogP) is 2.19. The third-order valence-corrected chi connectivity index (χ3v) is 3.70. The number of amides is 1. The number of hydrogen-bond acceptors (Lipinski definition) is 4. The Hall–Kier alpha value is -2.32. The number of nitrogens with zero attached hydrogens (tertiary/aromatic N) is 3. The van der Waals surface area contributed by atoms with Gasteiger partial charge >= 0.3 is 12.1 Å². The van der Waals surface area contributed by atoms with E-state index in [4.69, 9.17) is 0 Å². The lowest BCUT2D eigenvalue weighted by Crippen LogP contribution is -2.45. The Morgan fingerprint density at radius 1 is 1.36 bits per heavy atom. The highest BCUT2D eigenvalue weighted by Crippen LogP contribution is 2.27. The molecule has 1 saturated heterocycles. The first kappa shape index (κ1) is 16.1. The Bertz CT molecular complexity index is 574. The SMILES string of the molecule is CN(C(=O)C(F)(F)F)[C@@H]1CCN(c2ccc([N+](=O)[O-])cc2)C1. The highest BCUT2D eigenvalue weighted by molar-refractivity contribution is 5.82. The Balaban J connectivity index is 2.03. The zero-order chi connectivity index (χ0) is 16.5. The quantitative estimate of drug-likeness (QED) is 0.633. The van der Waals surface area contributed by atoms with Gasteiger partial charge < -0.3 is 9.80 Å². The van der Waals surface area contributed by atoms with Gasteiger partial charge in [0.25, 0.3) is 5.69 Å². The summed E-state index contributed by atoms with van der Waals surface area (Å²) < 4.78 is 37.3. The minimum Gasteiger partial charge on any atom is -0.369 e. The van der Waals surface area contributed by atoms with Crippen LogP contribution >= 0.6 is 0 Å². The van der Waals surface area contributed by atoms with E-state index in [1.54, 1.807) is 17.0 Å². The van der Waals surface area contributed by atoms with Crippen molar-refractivity contribution in [3.8, 4) is 0 Å². The number of anilines is 1. The van der Waals surface area contributed by atoms with E-state index in [0.29, 0.717) is 23.6 Å². The molecule has 0 unspecified atom stereocenters. The highest BCUT2D eigenvalue weighted by Gasteiger charge is 2.44.